The normalized spacial score (nSPS) is 20.9. The molecule has 0 aliphatic carbocycles. The van der Waals surface area contributed by atoms with Crippen molar-refractivity contribution in [2.24, 2.45) is 11.8 Å². The van der Waals surface area contributed by atoms with Crippen LogP contribution >= 0.6 is 0 Å². The SMILES string of the molecule is CCOC(=O)/C(C)=C/[C@H](C(C)C)N(C)C(=O)[C@H](NC(=O)[C@H]1CCCCN1C(C)CC)[C@H](C)CC. The maximum Gasteiger partial charge on any atom is 0.333 e. The van der Waals surface area contributed by atoms with Gasteiger partial charge in [0.05, 0.1) is 18.7 Å². The van der Waals surface area contributed by atoms with E-state index in [-0.39, 0.29) is 41.7 Å². The molecule has 1 aliphatic heterocycles. The fourth-order valence-corrected chi connectivity index (χ4v) is 4.62. The third-order valence-electron chi connectivity index (χ3n) is 7.28. The number of rotatable bonds is 12. The molecule has 1 saturated heterocycles. The number of nitrogens with zero attached hydrogens (tertiary/aromatic N) is 2. The minimum absolute atomic E-state index is 0.0116. The Labute approximate surface area is 207 Å². The highest BCUT2D eigenvalue weighted by Gasteiger charge is 2.36. The molecule has 0 aromatic rings. The molecule has 2 amide bonds. The number of nitrogens with one attached hydrogen (secondary N) is 1. The minimum atomic E-state index is -0.610. The Morgan fingerprint density at radius 1 is 1.09 bits per heavy atom. The van der Waals surface area contributed by atoms with Gasteiger partial charge in [-0.1, -0.05) is 53.5 Å². The number of ether oxygens (including phenoxy) is 1. The van der Waals surface area contributed by atoms with Crippen molar-refractivity contribution in [2.45, 2.75) is 112 Å². The van der Waals surface area contributed by atoms with Crippen LogP contribution in [0, 0.1) is 11.8 Å². The van der Waals surface area contributed by atoms with Crippen LogP contribution in [0.2, 0.25) is 0 Å². The number of piperidine rings is 1. The van der Waals surface area contributed by atoms with Crippen molar-refractivity contribution in [2.75, 3.05) is 20.2 Å². The van der Waals surface area contributed by atoms with Crippen molar-refractivity contribution in [3.05, 3.63) is 11.6 Å². The Hall–Kier alpha value is -1.89. The Kier molecular flexibility index (Phi) is 12.9. The van der Waals surface area contributed by atoms with E-state index in [0.29, 0.717) is 18.2 Å². The van der Waals surface area contributed by atoms with Crippen LogP contribution in [0.5, 0.6) is 0 Å². The lowest BCUT2D eigenvalue weighted by Gasteiger charge is -2.40. The van der Waals surface area contributed by atoms with Gasteiger partial charge in [0.1, 0.15) is 6.04 Å². The number of amides is 2. The molecule has 1 heterocycles. The van der Waals surface area contributed by atoms with E-state index in [1.807, 2.05) is 33.8 Å². The summed E-state index contributed by atoms with van der Waals surface area (Å²) < 4.78 is 5.11. The van der Waals surface area contributed by atoms with Crippen LogP contribution in [0.4, 0.5) is 0 Å². The number of likely N-dealkylation sites (tertiary alicyclic amines) is 1. The van der Waals surface area contributed by atoms with Crippen molar-refractivity contribution in [3.63, 3.8) is 0 Å². The molecule has 1 aliphatic rings. The summed E-state index contributed by atoms with van der Waals surface area (Å²) in [5.74, 6) is -0.469. The zero-order valence-corrected chi connectivity index (χ0v) is 23.0. The van der Waals surface area contributed by atoms with Gasteiger partial charge in [-0.15, -0.1) is 0 Å². The predicted octanol–water partition coefficient (Wildman–Crippen LogP) is 4.16. The van der Waals surface area contributed by atoms with Crippen LogP contribution in [-0.4, -0.2) is 72.0 Å². The van der Waals surface area contributed by atoms with Gasteiger partial charge in [-0.2, -0.15) is 0 Å². The summed E-state index contributed by atoms with van der Waals surface area (Å²) in [6.45, 7) is 17.1. The fraction of sp³-hybridized carbons (Fsp3) is 0.815. The van der Waals surface area contributed by atoms with E-state index in [2.05, 4.69) is 24.1 Å². The summed E-state index contributed by atoms with van der Waals surface area (Å²) in [5.41, 5.74) is 0.482. The van der Waals surface area contributed by atoms with E-state index in [4.69, 9.17) is 4.74 Å². The Morgan fingerprint density at radius 3 is 2.26 bits per heavy atom. The second kappa shape index (κ2) is 14.5. The fourth-order valence-electron chi connectivity index (χ4n) is 4.62. The molecule has 0 saturated carbocycles. The smallest absolute Gasteiger partial charge is 0.333 e. The largest absolute Gasteiger partial charge is 0.463 e. The Bertz CT molecular complexity index is 706. The molecule has 1 fully saturated rings. The minimum Gasteiger partial charge on any atom is -0.463 e. The molecule has 0 radical (unpaired) electrons. The third-order valence-corrected chi connectivity index (χ3v) is 7.28. The molecule has 34 heavy (non-hydrogen) atoms. The summed E-state index contributed by atoms with van der Waals surface area (Å²) in [5, 5.41) is 3.13. The molecule has 1 unspecified atom stereocenters. The van der Waals surface area contributed by atoms with Gasteiger partial charge in [-0.25, -0.2) is 4.79 Å². The number of hydrogen-bond donors (Lipinski definition) is 1. The summed E-state index contributed by atoms with van der Waals surface area (Å²) in [6, 6.07) is -0.759. The van der Waals surface area contributed by atoms with Crippen LogP contribution in [0.3, 0.4) is 0 Å². The third kappa shape index (κ3) is 8.10. The van der Waals surface area contributed by atoms with Crippen LogP contribution < -0.4 is 5.32 Å². The molecule has 1 N–H and O–H groups in total. The average Bonchev–Trinajstić information content (AvgIpc) is 2.83. The van der Waals surface area contributed by atoms with Crippen LogP contribution in [0.1, 0.15) is 87.5 Å². The first kappa shape index (κ1) is 30.1. The van der Waals surface area contributed by atoms with Gasteiger partial charge in [0.2, 0.25) is 11.8 Å². The van der Waals surface area contributed by atoms with Gasteiger partial charge in [0.25, 0.3) is 0 Å². The highest BCUT2D eigenvalue weighted by atomic mass is 16.5. The topological polar surface area (TPSA) is 79.0 Å². The van der Waals surface area contributed by atoms with Crippen molar-refractivity contribution in [3.8, 4) is 0 Å². The van der Waals surface area contributed by atoms with E-state index < -0.39 is 6.04 Å². The first-order valence-electron chi connectivity index (χ1n) is 13.2. The van der Waals surface area contributed by atoms with Crippen LogP contribution in [0.15, 0.2) is 11.6 Å². The molecular formula is C27H49N3O4. The summed E-state index contributed by atoms with van der Waals surface area (Å²) in [6.07, 6.45) is 6.52. The maximum atomic E-state index is 13.7. The standard InChI is InChI=1S/C27H49N3O4/c1-10-19(6)24(28-25(31)22-15-13-14-16-30(22)21(8)11-2)26(32)29(9)23(18(4)5)17-20(7)27(33)34-12-3/h17-19,21-24H,10-16H2,1-9H3,(H,28,31)/b20-17+/t19-,21?,22-,23-,24-/m1/s1. The van der Waals surface area contributed by atoms with Gasteiger partial charge in [-0.3, -0.25) is 14.5 Å². The van der Waals surface area contributed by atoms with Gasteiger partial charge in [0.15, 0.2) is 0 Å². The number of esters is 1. The molecule has 0 aromatic heterocycles. The molecular weight excluding hydrogens is 430 g/mol. The van der Waals surface area contributed by atoms with Gasteiger partial charge >= 0.3 is 5.97 Å². The molecule has 7 heteroatoms. The molecule has 0 spiro atoms. The molecule has 0 bridgehead atoms. The number of likely N-dealkylation sites (N-methyl/N-ethyl adjacent to an activating group) is 1. The number of carbonyl (C=O) groups excluding carboxylic acids is 3. The highest BCUT2D eigenvalue weighted by Crippen LogP contribution is 2.23. The first-order valence-corrected chi connectivity index (χ1v) is 13.2. The van der Waals surface area contributed by atoms with E-state index >= 15 is 0 Å². The summed E-state index contributed by atoms with van der Waals surface area (Å²) >= 11 is 0. The van der Waals surface area contributed by atoms with E-state index in [1.165, 1.54) is 0 Å². The highest BCUT2D eigenvalue weighted by molar-refractivity contribution is 5.91. The van der Waals surface area contributed by atoms with Gasteiger partial charge in [-0.05, 0) is 58.4 Å². The predicted molar refractivity (Wildman–Crippen MR) is 137 cm³/mol. The lowest BCUT2D eigenvalue weighted by molar-refractivity contribution is -0.141. The number of carbonyl (C=O) groups is 3. The van der Waals surface area contributed by atoms with Crippen molar-refractivity contribution in [1.29, 1.82) is 0 Å². The van der Waals surface area contributed by atoms with E-state index in [0.717, 1.165) is 38.6 Å². The first-order chi connectivity index (χ1) is 16.0. The lowest BCUT2D eigenvalue weighted by atomic mass is 9.93. The van der Waals surface area contributed by atoms with Crippen molar-refractivity contribution >= 4 is 17.8 Å². The molecule has 5 atom stereocenters. The second-order valence-electron chi connectivity index (χ2n) is 10.1. The quantitative estimate of drug-likeness (QED) is 0.336. The molecule has 0 aromatic carbocycles. The van der Waals surface area contributed by atoms with Crippen LogP contribution in [0.25, 0.3) is 0 Å². The van der Waals surface area contributed by atoms with Gasteiger partial charge in [0, 0.05) is 18.7 Å². The monoisotopic (exact) mass is 479 g/mol. The van der Waals surface area contributed by atoms with Crippen molar-refractivity contribution in [1.82, 2.24) is 15.1 Å². The second-order valence-corrected chi connectivity index (χ2v) is 10.1. The Morgan fingerprint density at radius 2 is 1.74 bits per heavy atom. The summed E-state index contributed by atoms with van der Waals surface area (Å²) in [4.78, 5) is 43.3. The number of hydrogen-bond acceptors (Lipinski definition) is 5. The Balaban J connectivity index is 3.13. The van der Waals surface area contributed by atoms with E-state index in [1.54, 1.807) is 25.8 Å². The van der Waals surface area contributed by atoms with Gasteiger partial charge < -0.3 is 15.0 Å². The zero-order chi connectivity index (χ0) is 26.0. The average molecular weight is 480 g/mol. The van der Waals surface area contributed by atoms with Crippen LogP contribution in [-0.2, 0) is 19.1 Å². The zero-order valence-electron chi connectivity index (χ0n) is 23.0. The summed E-state index contributed by atoms with van der Waals surface area (Å²) in [7, 11) is 1.76. The molecule has 1 rings (SSSR count). The molecule has 7 nitrogen and oxygen atoms in total. The van der Waals surface area contributed by atoms with E-state index in [9.17, 15) is 14.4 Å². The molecule has 196 valence electrons. The maximum absolute atomic E-state index is 13.7. The lowest BCUT2D eigenvalue weighted by Crippen LogP contribution is -2.59. The van der Waals surface area contributed by atoms with Crippen molar-refractivity contribution < 1.29 is 19.1 Å².